The number of ether oxygens (including phenoxy) is 2. The quantitative estimate of drug-likeness (QED) is 0.814. The molecule has 0 bridgehead atoms. The summed E-state index contributed by atoms with van der Waals surface area (Å²) in [6.45, 7) is 1.84. The zero-order valence-electron chi connectivity index (χ0n) is 14.1. The van der Waals surface area contributed by atoms with E-state index >= 15 is 0 Å². The lowest BCUT2D eigenvalue weighted by atomic mass is 10.2. The molecule has 0 saturated carbocycles. The Kier molecular flexibility index (Phi) is 5.79. The lowest BCUT2D eigenvalue weighted by Gasteiger charge is -2.14. The van der Waals surface area contributed by atoms with Gasteiger partial charge in [-0.2, -0.15) is 0 Å². The molecule has 0 radical (unpaired) electrons. The molecule has 1 aliphatic heterocycles. The molecule has 1 N–H and O–H groups in total. The first kappa shape index (κ1) is 17.6. The second kappa shape index (κ2) is 8.23. The van der Waals surface area contributed by atoms with E-state index in [1.165, 1.54) is 0 Å². The van der Waals surface area contributed by atoms with Crippen LogP contribution in [0.4, 0.5) is 10.5 Å². The third kappa shape index (κ3) is 4.65. The molecule has 1 saturated heterocycles. The van der Waals surface area contributed by atoms with E-state index in [4.69, 9.17) is 21.1 Å². The molecule has 5 nitrogen and oxygen atoms in total. The van der Waals surface area contributed by atoms with Crippen LogP contribution in [0.25, 0.3) is 0 Å². The fourth-order valence-corrected chi connectivity index (χ4v) is 2.92. The van der Waals surface area contributed by atoms with Gasteiger partial charge in [0.15, 0.2) is 0 Å². The number of amides is 1. The smallest absolute Gasteiger partial charge is 0.414 e. The maximum absolute atomic E-state index is 12.0. The van der Waals surface area contributed by atoms with E-state index in [1.54, 1.807) is 4.90 Å². The predicted octanol–water partition coefficient (Wildman–Crippen LogP) is 3.85. The average molecular weight is 361 g/mol. The van der Waals surface area contributed by atoms with E-state index in [9.17, 15) is 4.79 Å². The standard InChI is InChI=1S/C19H21ClN2O3/c1-21-10-9-18-12-22(19(23)25-18)16-5-7-17(8-6-16)24-13-14-3-2-4-15(20)11-14/h2-8,11,18,21H,9-10,12-13H2,1H3. The Morgan fingerprint density at radius 1 is 1.28 bits per heavy atom. The topological polar surface area (TPSA) is 50.8 Å². The Morgan fingerprint density at radius 3 is 2.80 bits per heavy atom. The summed E-state index contributed by atoms with van der Waals surface area (Å²) >= 11 is 5.97. The van der Waals surface area contributed by atoms with Crippen molar-refractivity contribution in [2.75, 3.05) is 25.0 Å². The molecule has 132 valence electrons. The van der Waals surface area contributed by atoms with Gasteiger partial charge in [-0.05, 0) is 62.0 Å². The van der Waals surface area contributed by atoms with Gasteiger partial charge in [0.1, 0.15) is 18.5 Å². The lowest BCUT2D eigenvalue weighted by Crippen LogP contribution is -2.25. The van der Waals surface area contributed by atoms with Crippen molar-refractivity contribution in [1.29, 1.82) is 0 Å². The van der Waals surface area contributed by atoms with Crippen molar-refractivity contribution in [2.45, 2.75) is 19.1 Å². The highest BCUT2D eigenvalue weighted by atomic mass is 35.5. The Morgan fingerprint density at radius 2 is 2.08 bits per heavy atom. The molecule has 2 aromatic carbocycles. The minimum Gasteiger partial charge on any atom is -0.489 e. The van der Waals surface area contributed by atoms with E-state index in [1.807, 2.05) is 55.6 Å². The number of carbonyl (C=O) groups is 1. The van der Waals surface area contributed by atoms with E-state index in [2.05, 4.69) is 5.32 Å². The molecule has 25 heavy (non-hydrogen) atoms. The number of carbonyl (C=O) groups excluding carboxylic acids is 1. The summed E-state index contributed by atoms with van der Waals surface area (Å²) in [6, 6.07) is 15.0. The summed E-state index contributed by atoms with van der Waals surface area (Å²) in [5.41, 5.74) is 1.82. The largest absolute Gasteiger partial charge is 0.489 e. The molecule has 1 atom stereocenters. The molecule has 0 aliphatic carbocycles. The summed E-state index contributed by atoms with van der Waals surface area (Å²) in [5.74, 6) is 0.739. The molecule has 3 rings (SSSR count). The van der Waals surface area contributed by atoms with Crippen LogP contribution in [-0.4, -0.2) is 32.3 Å². The van der Waals surface area contributed by atoms with E-state index in [0.29, 0.717) is 18.2 Å². The van der Waals surface area contributed by atoms with Crippen molar-refractivity contribution in [3.05, 3.63) is 59.1 Å². The molecule has 0 aromatic heterocycles. The Labute approximate surface area is 152 Å². The number of nitrogens with zero attached hydrogens (tertiary/aromatic N) is 1. The van der Waals surface area contributed by atoms with Crippen LogP contribution < -0.4 is 15.0 Å². The van der Waals surface area contributed by atoms with Crippen molar-refractivity contribution >= 4 is 23.4 Å². The van der Waals surface area contributed by atoms with Crippen LogP contribution in [0.1, 0.15) is 12.0 Å². The third-order valence-electron chi connectivity index (χ3n) is 4.03. The van der Waals surface area contributed by atoms with Crippen molar-refractivity contribution in [1.82, 2.24) is 5.32 Å². The second-order valence-electron chi connectivity index (χ2n) is 5.92. The first-order chi connectivity index (χ1) is 12.2. The molecule has 2 aromatic rings. The van der Waals surface area contributed by atoms with Gasteiger partial charge in [-0.25, -0.2) is 4.79 Å². The zero-order valence-corrected chi connectivity index (χ0v) is 14.8. The Balaban J connectivity index is 1.57. The number of rotatable bonds is 7. The summed E-state index contributed by atoms with van der Waals surface area (Å²) in [4.78, 5) is 13.7. The van der Waals surface area contributed by atoms with Gasteiger partial charge < -0.3 is 14.8 Å². The zero-order chi connectivity index (χ0) is 17.6. The first-order valence-electron chi connectivity index (χ1n) is 8.26. The monoisotopic (exact) mass is 360 g/mol. The molecule has 0 spiro atoms. The molecule has 1 heterocycles. The highest BCUT2D eigenvalue weighted by molar-refractivity contribution is 6.30. The molecular formula is C19H21ClN2O3. The fourth-order valence-electron chi connectivity index (χ4n) is 2.70. The van der Waals surface area contributed by atoms with Gasteiger partial charge in [0, 0.05) is 10.7 Å². The van der Waals surface area contributed by atoms with Crippen molar-refractivity contribution in [2.24, 2.45) is 0 Å². The minimum atomic E-state index is -0.298. The predicted molar refractivity (Wildman–Crippen MR) is 98.4 cm³/mol. The van der Waals surface area contributed by atoms with Gasteiger partial charge in [-0.3, -0.25) is 4.90 Å². The molecule has 6 heteroatoms. The molecule has 1 unspecified atom stereocenters. The van der Waals surface area contributed by atoms with Crippen molar-refractivity contribution < 1.29 is 14.3 Å². The van der Waals surface area contributed by atoms with Crippen molar-refractivity contribution in [3.63, 3.8) is 0 Å². The van der Waals surface area contributed by atoms with Crippen LogP contribution in [0.15, 0.2) is 48.5 Å². The normalized spacial score (nSPS) is 16.8. The summed E-state index contributed by atoms with van der Waals surface area (Å²) in [7, 11) is 1.89. The highest BCUT2D eigenvalue weighted by Gasteiger charge is 2.31. The third-order valence-corrected chi connectivity index (χ3v) is 4.27. The van der Waals surface area contributed by atoms with Crippen LogP contribution in [-0.2, 0) is 11.3 Å². The molecule has 1 aliphatic rings. The number of hydrogen-bond acceptors (Lipinski definition) is 4. The second-order valence-corrected chi connectivity index (χ2v) is 6.36. The number of cyclic esters (lactones) is 1. The first-order valence-corrected chi connectivity index (χ1v) is 8.63. The highest BCUT2D eigenvalue weighted by Crippen LogP contribution is 2.25. The van der Waals surface area contributed by atoms with E-state index < -0.39 is 0 Å². The number of benzene rings is 2. The fraction of sp³-hybridized carbons (Fsp3) is 0.316. The number of hydrogen-bond donors (Lipinski definition) is 1. The SMILES string of the molecule is CNCCC1CN(c2ccc(OCc3cccc(Cl)c3)cc2)C(=O)O1. The van der Waals surface area contributed by atoms with Gasteiger partial charge >= 0.3 is 6.09 Å². The van der Waals surface area contributed by atoms with E-state index in [-0.39, 0.29) is 12.2 Å². The Bertz CT molecular complexity index is 721. The molecule has 1 amide bonds. The van der Waals surface area contributed by atoms with Crippen LogP contribution in [0.2, 0.25) is 5.02 Å². The maximum atomic E-state index is 12.0. The van der Waals surface area contributed by atoms with Gasteiger partial charge in [-0.15, -0.1) is 0 Å². The number of halogens is 1. The number of anilines is 1. The van der Waals surface area contributed by atoms with Crippen LogP contribution in [0, 0.1) is 0 Å². The Hall–Kier alpha value is -2.24. The van der Waals surface area contributed by atoms with Gasteiger partial charge in [0.05, 0.1) is 6.54 Å². The summed E-state index contributed by atoms with van der Waals surface area (Å²) in [5, 5.41) is 3.76. The van der Waals surface area contributed by atoms with Crippen LogP contribution >= 0.6 is 11.6 Å². The van der Waals surface area contributed by atoms with Crippen LogP contribution in [0.5, 0.6) is 5.75 Å². The molecular weight excluding hydrogens is 340 g/mol. The van der Waals surface area contributed by atoms with E-state index in [0.717, 1.165) is 30.0 Å². The number of nitrogens with one attached hydrogen (secondary N) is 1. The molecule has 1 fully saturated rings. The van der Waals surface area contributed by atoms with Crippen molar-refractivity contribution in [3.8, 4) is 5.75 Å². The van der Waals surface area contributed by atoms with Gasteiger partial charge in [0.2, 0.25) is 0 Å². The van der Waals surface area contributed by atoms with Gasteiger partial charge in [0.25, 0.3) is 0 Å². The average Bonchev–Trinajstić information content (AvgIpc) is 2.99. The van der Waals surface area contributed by atoms with Crippen LogP contribution in [0.3, 0.4) is 0 Å². The maximum Gasteiger partial charge on any atom is 0.414 e. The minimum absolute atomic E-state index is 0.0706. The summed E-state index contributed by atoms with van der Waals surface area (Å²) in [6.07, 6.45) is 0.437. The lowest BCUT2D eigenvalue weighted by molar-refractivity contribution is 0.137. The summed E-state index contributed by atoms with van der Waals surface area (Å²) < 4.78 is 11.1. The van der Waals surface area contributed by atoms with Gasteiger partial charge in [-0.1, -0.05) is 23.7 Å².